The van der Waals surface area contributed by atoms with Crippen LogP contribution < -0.4 is 5.32 Å². The van der Waals surface area contributed by atoms with Crippen LogP contribution in [0.15, 0.2) is 24.4 Å². The fraction of sp³-hybridized carbons (Fsp3) is 0.333. The summed E-state index contributed by atoms with van der Waals surface area (Å²) in [6, 6.07) is 6.24. The Hall–Kier alpha value is -1.26. The minimum absolute atomic E-state index is 0.343. The molecule has 0 amide bonds. The zero-order valence-electron chi connectivity index (χ0n) is 9.69. The quantitative estimate of drug-likeness (QED) is 0.885. The maximum Gasteiger partial charge on any atom is 0.142 e. The van der Waals surface area contributed by atoms with Crippen molar-refractivity contribution >= 4 is 11.3 Å². The Morgan fingerprint density at radius 3 is 2.81 bits per heavy atom. The zero-order valence-corrected chi connectivity index (χ0v) is 10.5. The van der Waals surface area contributed by atoms with Crippen LogP contribution in [0, 0.1) is 6.92 Å². The molecule has 2 rings (SSSR count). The van der Waals surface area contributed by atoms with Crippen molar-refractivity contribution in [1.82, 2.24) is 15.3 Å². The predicted molar refractivity (Wildman–Crippen MR) is 67.6 cm³/mol. The molecular weight excluding hydrogens is 218 g/mol. The predicted octanol–water partition coefficient (Wildman–Crippen LogP) is 2.79. The summed E-state index contributed by atoms with van der Waals surface area (Å²) in [7, 11) is 1.96. The molecule has 84 valence electrons. The van der Waals surface area contributed by atoms with E-state index >= 15 is 0 Å². The summed E-state index contributed by atoms with van der Waals surface area (Å²) < 4.78 is 0. The highest BCUT2D eigenvalue weighted by Crippen LogP contribution is 2.30. The van der Waals surface area contributed by atoms with E-state index < -0.39 is 0 Å². The van der Waals surface area contributed by atoms with Crippen molar-refractivity contribution in [3.8, 4) is 10.7 Å². The summed E-state index contributed by atoms with van der Waals surface area (Å²) in [4.78, 5) is 10.2. The van der Waals surface area contributed by atoms with Crippen molar-refractivity contribution < 1.29 is 0 Å². The minimum Gasteiger partial charge on any atom is -0.312 e. The van der Waals surface area contributed by atoms with Crippen molar-refractivity contribution in [2.45, 2.75) is 19.9 Å². The third-order valence-electron chi connectivity index (χ3n) is 2.54. The van der Waals surface area contributed by atoms with Gasteiger partial charge < -0.3 is 5.32 Å². The monoisotopic (exact) mass is 233 g/mol. The SMILES string of the molecule is CNC(C)c1sc(-c2ccccn2)nc1C. The molecule has 0 bridgehead atoms. The number of aryl methyl sites for hydroxylation is 1. The molecule has 0 spiro atoms. The van der Waals surface area contributed by atoms with Crippen LogP contribution in [0.3, 0.4) is 0 Å². The molecule has 0 aromatic carbocycles. The largest absolute Gasteiger partial charge is 0.312 e. The summed E-state index contributed by atoms with van der Waals surface area (Å²) in [5, 5.41) is 4.23. The number of pyridine rings is 1. The Kier molecular flexibility index (Phi) is 3.31. The van der Waals surface area contributed by atoms with E-state index in [0.29, 0.717) is 6.04 Å². The van der Waals surface area contributed by atoms with Gasteiger partial charge in [-0.2, -0.15) is 0 Å². The van der Waals surface area contributed by atoms with Crippen molar-refractivity contribution in [2.24, 2.45) is 0 Å². The number of thiazole rings is 1. The maximum absolute atomic E-state index is 4.57. The van der Waals surface area contributed by atoms with E-state index in [1.807, 2.05) is 32.2 Å². The Balaban J connectivity index is 2.38. The first-order chi connectivity index (χ1) is 7.72. The van der Waals surface area contributed by atoms with Gasteiger partial charge in [0.15, 0.2) is 0 Å². The summed E-state index contributed by atoms with van der Waals surface area (Å²) >= 11 is 1.71. The fourth-order valence-corrected chi connectivity index (χ4v) is 2.64. The first-order valence-corrected chi connectivity index (χ1v) is 6.10. The molecule has 1 N–H and O–H groups in total. The minimum atomic E-state index is 0.343. The van der Waals surface area contributed by atoms with E-state index in [1.54, 1.807) is 17.5 Å². The van der Waals surface area contributed by atoms with Gasteiger partial charge in [0.25, 0.3) is 0 Å². The molecule has 1 unspecified atom stereocenters. The van der Waals surface area contributed by atoms with Crippen molar-refractivity contribution in [1.29, 1.82) is 0 Å². The van der Waals surface area contributed by atoms with Crippen LogP contribution in [0.2, 0.25) is 0 Å². The standard InChI is InChI=1S/C12H15N3S/c1-8(13-3)11-9(2)15-12(16-11)10-6-4-5-7-14-10/h4-8,13H,1-3H3. The Morgan fingerprint density at radius 1 is 1.38 bits per heavy atom. The van der Waals surface area contributed by atoms with E-state index in [1.165, 1.54) is 4.88 Å². The number of aromatic nitrogens is 2. The molecule has 2 heterocycles. The molecular formula is C12H15N3S. The van der Waals surface area contributed by atoms with Gasteiger partial charge in [0.2, 0.25) is 0 Å². The van der Waals surface area contributed by atoms with E-state index in [0.717, 1.165) is 16.4 Å². The van der Waals surface area contributed by atoms with Gasteiger partial charge in [-0.15, -0.1) is 11.3 Å². The Morgan fingerprint density at radius 2 is 2.19 bits per heavy atom. The van der Waals surface area contributed by atoms with Crippen molar-refractivity contribution in [3.05, 3.63) is 35.0 Å². The van der Waals surface area contributed by atoms with Crippen LogP contribution in [-0.4, -0.2) is 17.0 Å². The second-order valence-electron chi connectivity index (χ2n) is 3.69. The molecule has 16 heavy (non-hydrogen) atoms. The molecule has 0 saturated carbocycles. The molecule has 2 aromatic heterocycles. The van der Waals surface area contributed by atoms with E-state index in [-0.39, 0.29) is 0 Å². The highest BCUT2D eigenvalue weighted by atomic mass is 32.1. The highest BCUT2D eigenvalue weighted by Gasteiger charge is 2.13. The van der Waals surface area contributed by atoms with Crippen LogP contribution in [0.1, 0.15) is 23.5 Å². The Labute approximate surface area is 99.6 Å². The summed E-state index contributed by atoms with van der Waals surface area (Å²) in [6.45, 7) is 4.19. The first kappa shape index (κ1) is 11.2. The van der Waals surface area contributed by atoms with Gasteiger partial charge in [-0.25, -0.2) is 4.98 Å². The Bertz CT molecular complexity index is 464. The van der Waals surface area contributed by atoms with Crippen LogP contribution in [0.25, 0.3) is 10.7 Å². The average Bonchev–Trinajstić information content (AvgIpc) is 2.71. The number of rotatable bonds is 3. The van der Waals surface area contributed by atoms with E-state index in [9.17, 15) is 0 Å². The van der Waals surface area contributed by atoms with E-state index in [4.69, 9.17) is 0 Å². The number of hydrogen-bond acceptors (Lipinski definition) is 4. The van der Waals surface area contributed by atoms with Gasteiger partial charge in [0, 0.05) is 17.1 Å². The van der Waals surface area contributed by atoms with Crippen molar-refractivity contribution in [3.63, 3.8) is 0 Å². The number of nitrogens with one attached hydrogen (secondary N) is 1. The van der Waals surface area contributed by atoms with Gasteiger partial charge in [0.1, 0.15) is 5.01 Å². The van der Waals surface area contributed by atoms with Gasteiger partial charge in [0.05, 0.1) is 11.4 Å². The lowest BCUT2D eigenvalue weighted by molar-refractivity contribution is 0.658. The summed E-state index contributed by atoms with van der Waals surface area (Å²) in [5.41, 5.74) is 2.04. The molecule has 1 atom stereocenters. The normalized spacial score (nSPS) is 12.7. The molecule has 0 aliphatic carbocycles. The fourth-order valence-electron chi connectivity index (χ4n) is 1.54. The molecule has 3 nitrogen and oxygen atoms in total. The van der Waals surface area contributed by atoms with Crippen LogP contribution in [-0.2, 0) is 0 Å². The number of nitrogens with zero attached hydrogens (tertiary/aromatic N) is 2. The van der Waals surface area contributed by atoms with Crippen LogP contribution in [0.5, 0.6) is 0 Å². The zero-order chi connectivity index (χ0) is 11.5. The molecule has 0 saturated heterocycles. The highest BCUT2D eigenvalue weighted by molar-refractivity contribution is 7.15. The van der Waals surface area contributed by atoms with Gasteiger partial charge in [-0.05, 0) is 33.0 Å². The lowest BCUT2D eigenvalue weighted by Gasteiger charge is -2.06. The van der Waals surface area contributed by atoms with Gasteiger partial charge >= 0.3 is 0 Å². The molecule has 2 aromatic rings. The van der Waals surface area contributed by atoms with Gasteiger partial charge in [-0.3, -0.25) is 4.98 Å². The lowest BCUT2D eigenvalue weighted by atomic mass is 10.2. The smallest absolute Gasteiger partial charge is 0.142 e. The molecule has 0 aliphatic heterocycles. The lowest BCUT2D eigenvalue weighted by Crippen LogP contribution is -2.11. The third-order valence-corrected chi connectivity index (χ3v) is 3.91. The summed E-state index contributed by atoms with van der Waals surface area (Å²) in [6.07, 6.45) is 1.80. The van der Waals surface area contributed by atoms with Crippen LogP contribution >= 0.6 is 11.3 Å². The van der Waals surface area contributed by atoms with E-state index in [2.05, 4.69) is 22.2 Å². The first-order valence-electron chi connectivity index (χ1n) is 5.28. The molecule has 0 fully saturated rings. The second kappa shape index (κ2) is 4.72. The summed E-state index contributed by atoms with van der Waals surface area (Å²) in [5.74, 6) is 0. The molecule has 0 radical (unpaired) electrons. The maximum atomic E-state index is 4.57. The van der Waals surface area contributed by atoms with Crippen LogP contribution in [0.4, 0.5) is 0 Å². The number of hydrogen-bond donors (Lipinski definition) is 1. The second-order valence-corrected chi connectivity index (χ2v) is 4.72. The topological polar surface area (TPSA) is 37.8 Å². The van der Waals surface area contributed by atoms with Gasteiger partial charge in [-0.1, -0.05) is 6.07 Å². The molecule has 0 aliphatic rings. The third kappa shape index (κ3) is 2.13. The average molecular weight is 233 g/mol. The molecule has 4 heteroatoms. The van der Waals surface area contributed by atoms with Crippen molar-refractivity contribution in [2.75, 3.05) is 7.05 Å².